The Balaban J connectivity index is 2.27. The molecule has 2 amide bonds. The van der Waals surface area contributed by atoms with Crippen LogP contribution in [0, 0.1) is 12.8 Å². The van der Waals surface area contributed by atoms with Crippen LogP contribution in [0.25, 0.3) is 0 Å². The molecule has 0 bridgehead atoms. The van der Waals surface area contributed by atoms with Crippen molar-refractivity contribution >= 4 is 46.6 Å². The Morgan fingerprint density at radius 3 is 2.28 bits per heavy atom. The highest BCUT2D eigenvalue weighted by atomic mass is 35.5. The van der Waals surface area contributed by atoms with Gasteiger partial charge in [-0.2, -0.15) is 0 Å². The number of nitrogens with zero attached hydrogens (tertiary/aromatic N) is 1. The van der Waals surface area contributed by atoms with E-state index in [1.807, 2.05) is 27.7 Å². The summed E-state index contributed by atoms with van der Waals surface area (Å²) in [6.07, 6.45) is 0.428. The van der Waals surface area contributed by atoms with E-state index in [1.54, 1.807) is 36.4 Å². The Bertz CT molecular complexity index is 930. The van der Waals surface area contributed by atoms with Gasteiger partial charge in [-0.05, 0) is 55.2 Å². The number of ether oxygens (including phenoxy) is 1. The molecule has 2 aromatic carbocycles. The molecule has 0 fully saturated rings. The van der Waals surface area contributed by atoms with Gasteiger partial charge in [-0.15, -0.1) is 0 Å². The van der Waals surface area contributed by atoms with Crippen molar-refractivity contribution in [3.05, 3.63) is 62.6 Å². The molecule has 0 aliphatic carbocycles. The maximum absolute atomic E-state index is 13.2. The van der Waals surface area contributed by atoms with Gasteiger partial charge in [-0.1, -0.05) is 61.6 Å². The molecule has 5 nitrogen and oxygen atoms in total. The first kappa shape index (κ1) is 26.3. The molecule has 1 N–H and O–H groups in total. The summed E-state index contributed by atoms with van der Waals surface area (Å²) < 4.78 is 5.71. The summed E-state index contributed by atoms with van der Waals surface area (Å²) in [5.74, 6) is 0.239. The van der Waals surface area contributed by atoms with E-state index in [0.29, 0.717) is 39.3 Å². The topological polar surface area (TPSA) is 58.6 Å². The zero-order valence-electron chi connectivity index (χ0n) is 18.8. The molecule has 0 spiro atoms. The van der Waals surface area contributed by atoms with Crippen molar-refractivity contribution in [1.82, 2.24) is 10.2 Å². The number of carbonyl (C=O) groups is 2. The number of benzene rings is 2. The fourth-order valence-electron chi connectivity index (χ4n) is 3.13. The highest BCUT2D eigenvalue weighted by Crippen LogP contribution is 2.27. The zero-order chi connectivity index (χ0) is 23.8. The predicted octanol–water partition coefficient (Wildman–Crippen LogP) is 5.91. The SMILES string of the molecule is CCC(C(=O)NCC(C)C)N(Cc1c(Cl)cccc1Cl)C(=O)COc1ccc(Cl)c(C)c1. The van der Waals surface area contributed by atoms with E-state index in [1.165, 1.54) is 4.90 Å². The molecule has 0 heterocycles. The molecule has 0 saturated carbocycles. The van der Waals surface area contributed by atoms with Crippen molar-refractivity contribution in [3.8, 4) is 5.75 Å². The van der Waals surface area contributed by atoms with Gasteiger partial charge in [0.1, 0.15) is 11.8 Å². The van der Waals surface area contributed by atoms with Crippen LogP contribution in [0.3, 0.4) is 0 Å². The first-order chi connectivity index (χ1) is 15.1. The van der Waals surface area contributed by atoms with E-state index < -0.39 is 6.04 Å². The molecular formula is C24H29Cl3N2O3. The Kier molecular flexibility index (Phi) is 10.1. The number of hydrogen-bond donors (Lipinski definition) is 1. The lowest BCUT2D eigenvalue weighted by Crippen LogP contribution is -2.50. The zero-order valence-corrected chi connectivity index (χ0v) is 21.0. The summed E-state index contributed by atoms with van der Waals surface area (Å²) in [6, 6.07) is 9.63. The van der Waals surface area contributed by atoms with Crippen LogP contribution in [-0.4, -0.2) is 35.9 Å². The van der Waals surface area contributed by atoms with E-state index in [4.69, 9.17) is 39.5 Å². The van der Waals surface area contributed by atoms with E-state index >= 15 is 0 Å². The van der Waals surface area contributed by atoms with Gasteiger partial charge in [-0.25, -0.2) is 0 Å². The van der Waals surface area contributed by atoms with Crippen molar-refractivity contribution < 1.29 is 14.3 Å². The lowest BCUT2D eigenvalue weighted by atomic mass is 10.1. The second-order valence-corrected chi connectivity index (χ2v) is 9.21. The smallest absolute Gasteiger partial charge is 0.261 e. The van der Waals surface area contributed by atoms with Crippen LogP contribution in [0.4, 0.5) is 0 Å². The lowest BCUT2D eigenvalue weighted by molar-refractivity contribution is -0.143. The third-order valence-corrected chi connectivity index (χ3v) is 6.08. The van der Waals surface area contributed by atoms with Crippen LogP contribution >= 0.6 is 34.8 Å². The van der Waals surface area contributed by atoms with E-state index in [2.05, 4.69) is 5.32 Å². The molecule has 0 radical (unpaired) electrons. The van der Waals surface area contributed by atoms with Gasteiger partial charge in [-0.3, -0.25) is 9.59 Å². The maximum Gasteiger partial charge on any atom is 0.261 e. The summed E-state index contributed by atoms with van der Waals surface area (Å²) in [6.45, 7) is 8.10. The molecule has 0 aliphatic heterocycles. The van der Waals surface area contributed by atoms with Gasteiger partial charge in [0.05, 0.1) is 0 Å². The molecule has 0 aliphatic rings. The number of nitrogens with one attached hydrogen (secondary N) is 1. The van der Waals surface area contributed by atoms with Gasteiger partial charge in [0.15, 0.2) is 6.61 Å². The molecule has 0 aromatic heterocycles. The molecule has 1 atom stereocenters. The first-order valence-electron chi connectivity index (χ1n) is 10.5. The standard InChI is InChI=1S/C24H29Cl3N2O3/c1-5-22(24(31)28-12-15(2)3)29(13-18-20(26)7-6-8-21(18)27)23(30)14-32-17-9-10-19(25)16(4)11-17/h6-11,15,22H,5,12-14H2,1-4H3,(H,28,31). The van der Waals surface area contributed by atoms with E-state index in [-0.39, 0.29) is 30.9 Å². The van der Waals surface area contributed by atoms with Gasteiger partial charge in [0.25, 0.3) is 5.91 Å². The van der Waals surface area contributed by atoms with Crippen LogP contribution < -0.4 is 10.1 Å². The number of rotatable bonds is 10. The molecule has 2 aromatic rings. The highest BCUT2D eigenvalue weighted by molar-refractivity contribution is 6.36. The Labute approximate surface area is 205 Å². The van der Waals surface area contributed by atoms with Crippen LogP contribution in [0.15, 0.2) is 36.4 Å². The number of carbonyl (C=O) groups excluding carboxylic acids is 2. The first-order valence-corrected chi connectivity index (χ1v) is 11.7. The molecule has 0 saturated heterocycles. The van der Waals surface area contributed by atoms with Crippen LogP contribution in [-0.2, 0) is 16.1 Å². The molecule has 174 valence electrons. The number of amides is 2. The Morgan fingerprint density at radius 1 is 1.06 bits per heavy atom. The summed E-state index contributed by atoms with van der Waals surface area (Å²) in [7, 11) is 0. The molecule has 8 heteroatoms. The second kappa shape index (κ2) is 12.3. The highest BCUT2D eigenvalue weighted by Gasteiger charge is 2.30. The molecule has 32 heavy (non-hydrogen) atoms. The third kappa shape index (κ3) is 7.29. The summed E-state index contributed by atoms with van der Waals surface area (Å²) in [4.78, 5) is 27.6. The third-order valence-electron chi connectivity index (χ3n) is 4.95. The number of hydrogen-bond acceptors (Lipinski definition) is 3. The van der Waals surface area contributed by atoms with Crippen molar-refractivity contribution in [1.29, 1.82) is 0 Å². The molecule has 2 rings (SSSR count). The van der Waals surface area contributed by atoms with Gasteiger partial charge < -0.3 is 15.0 Å². The normalized spacial score (nSPS) is 11.9. The van der Waals surface area contributed by atoms with E-state index in [9.17, 15) is 9.59 Å². The summed E-state index contributed by atoms with van der Waals surface area (Å²) in [5.41, 5.74) is 1.43. The van der Waals surface area contributed by atoms with Crippen molar-refractivity contribution in [3.63, 3.8) is 0 Å². The average molecular weight is 500 g/mol. The quantitative estimate of drug-likeness (QED) is 0.442. The van der Waals surface area contributed by atoms with E-state index in [0.717, 1.165) is 5.56 Å². The van der Waals surface area contributed by atoms with Gasteiger partial charge >= 0.3 is 0 Å². The van der Waals surface area contributed by atoms with Gasteiger partial charge in [0.2, 0.25) is 5.91 Å². The van der Waals surface area contributed by atoms with Crippen molar-refractivity contribution in [2.45, 2.75) is 46.7 Å². The Morgan fingerprint density at radius 2 is 1.72 bits per heavy atom. The minimum absolute atomic E-state index is 0.0912. The fraction of sp³-hybridized carbons (Fsp3) is 0.417. The Hall–Kier alpha value is -1.95. The monoisotopic (exact) mass is 498 g/mol. The molecular weight excluding hydrogens is 471 g/mol. The minimum Gasteiger partial charge on any atom is -0.484 e. The molecule has 1 unspecified atom stereocenters. The van der Waals surface area contributed by atoms with Crippen LogP contribution in [0.2, 0.25) is 15.1 Å². The van der Waals surface area contributed by atoms with Crippen molar-refractivity contribution in [2.24, 2.45) is 5.92 Å². The maximum atomic E-state index is 13.2. The van der Waals surface area contributed by atoms with Crippen molar-refractivity contribution in [2.75, 3.05) is 13.2 Å². The van der Waals surface area contributed by atoms with Gasteiger partial charge in [0, 0.05) is 33.7 Å². The number of halogens is 3. The minimum atomic E-state index is -0.691. The largest absolute Gasteiger partial charge is 0.484 e. The fourth-order valence-corrected chi connectivity index (χ4v) is 3.77. The van der Waals surface area contributed by atoms with Crippen LogP contribution in [0.5, 0.6) is 5.75 Å². The number of aryl methyl sites for hydroxylation is 1. The lowest BCUT2D eigenvalue weighted by Gasteiger charge is -2.31. The average Bonchev–Trinajstić information content (AvgIpc) is 2.74. The summed E-state index contributed by atoms with van der Waals surface area (Å²) >= 11 is 18.8. The second-order valence-electron chi connectivity index (χ2n) is 7.98. The summed E-state index contributed by atoms with van der Waals surface area (Å²) in [5, 5.41) is 4.40. The van der Waals surface area contributed by atoms with Crippen LogP contribution in [0.1, 0.15) is 38.3 Å². The predicted molar refractivity (Wildman–Crippen MR) is 131 cm³/mol.